The Balaban J connectivity index is 0.00000144. The molecule has 1 heterocycles. The Hall–Kier alpha value is -0.750. The average molecular weight is 280 g/mol. The maximum atomic E-state index is 13.3. The lowest BCUT2D eigenvalue weighted by Gasteiger charge is -2.20. The van der Waals surface area contributed by atoms with Gasteiger partial charge >= 0.3 is 0 Å². The van der Waals surface area contributed by atoms with Gasteiger partial charge < -0.3 is 10.8 Å². The van der Waals surface area contributed by atoms with Crippen molar-refractivity contribution >= 4 is 33.8 Å². The topological polar surface area (TPSA) is 46.2 Å². The van der Waals surface area contributed by atoms with Crippen LogP contribution in [-0.4, -0.2) is 17.6 Å². The minimum atomic E-state index is -3.29. The zero-order valence-electron chi connectivity index (χ0n) is 8.77. The number of halogens is 3. The maximum absolute atomic E-state index is 13.3. The van der Waals surface area contributed by atoms with Gasteiger partial charge in [0.25, 0.3) is 5.92 Å². The van der Waals surface area contributed by atoms with Gasteiger partial charge in [0.1, 0.15) is 6.61 Å². The second-order valence-corrected chi connectivity index (χ2v) is 4.50. The van der Waals surface area contributed by atoms with E-state index in [2.05, 4.69) is 0 Å². The number of rotatable bonds is 3. The van der Waals surface area contributed by atoms with Gasteiger partial charge in [-0.3, -0.25) is 0 Å². The van der Waals surface area contributed by atoms with Gasteiger partial charge in [-0.05, 0) is 22.4 Å². The summed E-state index contributed by atoms with van der Waals surface area (Å²) in [6.07, 6.45) is 0. The normalized spacial score (nSPS) is 13.4. The van der Waals surface area contributed by atoms with E-state index in [0.717, 1.165) is 10.1 Å². The number of hydrogen-bond acceptors (Lipinski definition) is 3. The number of aliphatic hydroxyl groups excluding tert-OH is 1. The molecule has 0 aliphatic heterocycles. The van der Waals surface area contributed by atoms with Crippen LogP contribution >= 0.6 is 23.7 Å². The van der Waals surface area contributed by atoms with Crippen LogP contribution in [0.15, 0.2) is 29.6 Å². The van der Waals surface area contributed by atoms with Gasteiger partial charge in [0.2, 0.25) is 0 Å². The summed E-state index contributed by atoms with van der Waals surface area (Å²) in [5.41, 5.74) is 5.88. The van der Waals surface area contributed by atoms with E-state index in [1.54, 1.807) is 17.5 Å². The van der Waals surface area contributed by atoms with Crippen LogP contribution in [0.4, 0.5) is 8.78 Å². The second-order valence-electron chi connectivity index (χ2n) is 3.58. The highest BCUT2D eigenvalue weighted by Gasteiger charge is 2.38. The molecule has 0 amide bonds. The van der Waals surface area contributed by atoms with Crippen molar-refractivity contribution in [3.05, 3.63) is 35.2 Å². The molecule has 6 heteroatoms. The molecule has 0 bridgehead atoms. The molecule has 17 heavy (non-hydrogen) atoms. The molecule has 0 saturated heterocycles. The van der Waals surface area contributed by atoms with Crippen LogP contribution in [0.25, 0.3) is 10.1 Å². The number of nitrogens with two attached hydrogens (primary N) is 1. The van der Waals surface area contributed by atoms with E-state index < -0.39 is 18.6 Å². The summed E-state index contributed by atoms with van der Waals surface area (Å²) in [6.45, 7) is -1.24. The fourth-order valence-electron chi connectivity index (χ4n) is 1.57. The predicted octanol–water partition coefficient (Wildman–Crippen LogP) is 2.95. The van der Waals surface area contributed by atoms with Gasteiger partial charge in [0.05, 0.1) is 6.04 Å². The number of thiophene rings is 1. The minimum absolute atomic E-state index is 0. The molecule has 1 aromatic heterocycles. The van der Waals surface area contributed by atoms with Crippen molar-refractivity contribution in [2.45, 2.75) is 12.0 Å². The number of aliphatic hydroxyl groups is 1. The molecule has 2 aromatic rings. The highest BCUT2D eigenvalue weighted by Crippen LogP contribution is 2.36. The third-order valence-electron chi connectivity index (χ3n) is 2.51. The number of fused-ring (bicyclic) bond motifs is 1. The van der Waals surface area contributed by atoms with Crippen molar-refractivity contribution in [1.29, 1.82) is 0 Å². The monoisotopic (exact) mass is 279 g/mol. The lowest BCUT2D eigenvalue weighted by Crippen LogP contribution is -2.36. The summed E-state index contributed by atoms with van der Waals surface area (Å²) >= 11 is 1.37. The van der Waals surface area contributed by atoms with Gasteiger partial charge in [-0.1, -0.05) is 18.2 Å². The highest BCUT2D eigenvalue weighted by molar-refractivity contribution is 7.17. The first-order valence-corrected chi connectivity index (χ1v) is 5.64. The molecule has 94 valence electrons. The number of benzene rings is 1. The zero-order valence-corrected chi connectivity index (χ0v) is 10.4. The summed E-state index contributed by atoms with van der Waals surface area (Å²) in [4.78, 5) is 0. The molecule has 1 aromatic carbocycles. The fraction of sp³-hybridized carbons (Fsp3) is 0.273. The van der Waals surface area contributed by atoms with Crippen LogP contribution in [0.1, 0.15) is 11.6 Å². The highest BCUT2D eigenvalue weighted by atomic mass is 35.5. The third-order valence-corrected chi connectivity index (χ3v) is 3.49. The van der Waals surface area contributed by atoms with Crippen LogP contribution in [0.5, 0.6) is 0 Å². The van der Waals surface area contributed by atoms with Gasteiger partial charge in [0.15, 0.2) is 0 Å². The fourth-order valence-corrected chi connectivity index (χ4v) is 2.56. The van der Waals surface area contributed by atoms with Crippen LogP contribution in [0.3, 0.4) is 0 Å². The molecule has 1 atom stereocenters. The Morgan fingerprint density at radius 3 is 2.65 bits per heavy atom. The van der Waals surface area contributed by atoms with E-state index in [-0.39, 0.29) is 12.4 Å². The molecular weight excluding hydrogens is 268 g/mol. The lowest BCUT2D eigenvalue weighted by molar-refractivity contribution is -0.0707. The third kappa shape index (κ3) is 2.57. The van der Waals surface area contributed by atoms with Crippen molar-refractivity contribution < 1.29 is 13.9 Å². The Kier molecular flexibility index (Phi) is 4.43. The van der Waals surface area contributed by atoms with Gasteiger partial charge in [-0.25, -0.2) is 8.78 Å². The van der Waals surface area contributed by atoms with E-state index in [4.69, 9.17) is 10.8 Å². The Morgan fingerprint density at radius 2 is 2.00 bits per heavy atom. The predicted molar refractivity (Wildman–Crippen MR) is 68.0 cm³/mol. The molecule has 0 aliphatic carbocycles. The number of alkyl halides is 2. The number of hydrogen-bond donors (Lipinski definition) is 2. The summed E-state index contributed by atoms with van der Waals surface area (Å²) < 4.78 is 27.5. The zero-order chi connectivity index (χ0) is 11.8. The van der Waals surface area contributed by atoms with Crippen molar-refractivity contribution in [2.24, 2.45) is 5.73 Å². The smallest absolute Gasteiger partial charge is 0.289 e. The van der Waals surface area contributed by atoms with Crippen LogP contribution < -0.4 is 5.73 Å². The van der Waals surface area contributed by atoms with Gasteiger partial charge in [0, 0.05) is 4.70 Å². The van der Waals surface area contributed by atoms with Gasteiger partial charge in [-0.15, -0.1) is 23.7 Å². The molecule has 2 rings (SSSR count). The van der Waals surface area contributed by atoms with E-state index in [1.165, 1.54) is 11.3 Å². The first kappa shape index (κ1) is 14.3. The first-order chi connectivity index (χ1) is 7.56. The van der Waals surface area contributed by atoms with Crippen molar-refractivity contribution in [3.63, 3.8) is 0 Å². The van der Waals surface area contributed by atoms with E-state index in [0.29, 0.717) is 5.56 Å². The SMILES string of the molecule is Cl.N[C@@H](c1csc2ccccc12)C(F)(F)CO. The molecule has 3 N–H and O–H groups in total. The van der Waals surface area contributed by atoms with Crippen molar-refractivity contribution in [2.75, 3.05) is 6.61 Å². The molecule has 0 aliphatic rings. The van der Waals surface area contributed by atoms with Crippen LogP contribution in [-0.2, 0) is 0 Å². The lowest BCUT2D eigenvalue weighted by atomic mass is 10.0. The Morgan fingerprint density at radius 1 is 1.35 bits per heavy atom. The summed E-state index contributed by atoms with van der Waals surface area (Å²) in [5.74, 6) is -3.29. The minimum Gasteiger partial charge on any atom is -0.390 e. The molecule has 2 nitrogen and oxygen atoms in total. The average Bonchev–Trinajstić information content (AvgIpc) is 2.71. The molecule has 0 fully saturated rings. The molecule has 0 radical (unpaired) electrons. The standard InChI is InChI=1S/C11H11F2NOS.ClH/c12-11(13,6-15)10(14)8-5-16-9-4-2-1-3-7(8)9;/h1-5,10,15H,6,14H2;1H/t10-;/m0./s1. The molecule has 0 unspecified atom stereocenters. The Bertz CT molecular complexity index is 503. The maximum Gasteiger partial charge on any atom is 0.289 e. The summed E-state index contributed by atoms with van der Waals surface area (Å²) in [6, 6.07) is 5.77. The quantitative estimate of drug-likeness (QED) is 0.907. The first-order valence-electron chi connectivity index (χ1n) is 4.76. The van der Waals surface area contributed by atoms with E-state index in [1.807, 2.05) is 12.1 Å². The summed E-state index contributed by atoms with van der Waals surface area (Å²) in [5, 5.41) is 11.0. The Labute approximate surface area is 107 Å². The largest absolute Gasteiger partial charge is 0.390 e. The van der Waals surface area contributed by atoms with E-state index >= 15 is 0 Å². The van der Waals surface area contributed by atoms with Crippen LogP contribution in [0.2, 0.25) is 0 Å². The van der Waals surface area contributed by atoms with Crippen molar-refractivity contribution in [3.8, 4) is 0 Å². The van der Waals surface area contributed by atoms with Crippen LogP contribution in [0, 0.1) is 0 Å². The van der Waals surface area contributed by atoms with E-state index in [9.17, 15) is 8.78 Å². The second kappa shape index (κ2) is 5.27. The molecule has 0 spiro atoms. The summed E-state index contributed by atoms with van der Waals surface area (Å²) in [7, 11) is 0. The molecule has 0 saturated carbocycles. The molecular formula is C11H12ClF2NOS. The van der Waals surface area contributed by atoms with Crippen molar-refractivity contribution in [1.82, 2.24) is 0 Å². The van der Waals surface area contributed by atoms with Gasteiger partial charge in [-0.2, -0.15) is 0 Å².